The lowest BCUT2D eigenvalue weighted by molar-refractivity contribution is 0.320. The lowest BCUT2D eigenvalue weighted by Crippen LogP contribution is -1.91. The normalized spacial score (nSPS) is 10.9. The molecule has 0 spiro atoms. The Morgan fingerprint density at radius 3 is 3.00 bits per heavy atom. The van der Waals surface area contributed by atoms with Crippen LogP contribution in [0.2, 0.25) is 0 Å². The Labute approximate surface area is 61.8 Å². The molecule has 0 amide bonds. The molecule has 1 aromatic heterocycles. The van der Waals surface area contributed by atoms with E-state index in [1.807, 2.05) is 5.38 Å². The monoisotopic (exact) mass is 152 g/mol. The Morgan fingerprint density at radius 1 is 1.80 bits per heavy atom. The van der Waals surface area contributed by atoms with Crippen LogP contribution in [0.4, 0.5) is 0 Å². The SMILES string of the molecule is N#C/C(=N/O)c1cccs1. The fourth-order valence-electron chi connectivity index (χ4n) is 0.540. The van der Waals surface area contributed by atoms with Gasteiger partial charge in [0.05, 0.1) is 4.88 Å². The molecule has 3 nitrogen and oxygen atoms in total. The average Bonchev–Trinajstić information content (AvgIpc) is 2.43. The maximum atomic E-state index is 8.36. The minimum Gasteiger partial charge on any atom is -0.410 e. The molecule has 0 bridgehead atoms. The molecule has 10 heavy (non-hydrogen) atoms. The van der Waals surface area contributed by atoms with Crippen LogP contribution >= 0.6 is 11.3 Å². The van der Waals surface area contributed by atoms with Crippen molar-refractivity contribution in [2.24, 2.45) is 5.16 Å². The summed E-state index contributed by atoms with van der Waals surface area (Å²) in [5.41, 5.74) is 0.0648. The first kappa shape index (κ1) is 6.78. The van der Waals surface area contributed by atoms with Gasteiger partial charge in [0.15, 0.2) is 5.71 Å². The molecule has 1 rings (SSSR count). The highest BCUT2D eigenvalue weighted by molar-refractivity contribution is 7.12. The van der Waals surface area contributed by atoms with E-state index in [1.165, 1.54) is 11.3 Å². The largest absolute Gasteiger partial charge is 0.410 e. The summed E-state index contributed by atoms with van der Waals surface area (Å²) < 4.78 is 0. The minimum atomic E-state index is 0.0648. The van der Waals surface area contributed by atoms with Gasteiger partial charge in [-0.1, -0.05) is 11.2 Å². The van der Waals surface area contributed by atoms with E-state index in [1.54, 1.807) is 18.2 Å². The van der Waals surface area contributed by atoms with Gasteiger partial charge in [0.1, 0.15) is 6.07 Å². The Morgan fingerprint density at radius 2 is 2.60 bits per heavy atom. The lowest BCUT2D eigenvalue weighted by atomic mass is 10.3. The van der Waals surface area contributed by atoms with E-state index >= 15 is 0 Å². The summed E-state index contributed by atoms with van der Waals surface area (Å²) >= 11 is 1.37. The number of hydrogen-bond acceptors (Lipinski definition) is 4. The third-order valence-corrected chi connectivity index (χ3v) is 1.84. The standard InChI is InChI=1S/C6H4N2OS/c7-4-5(8-9)6-2-1-3-10-6/h1-3,9H/b8-5-. The van der Waals surface area contributed by atoms with Gasteiger partial charge < -0.3 is 5.21 Å². The van der Waals surface area contributed by atoms with Gasteiger partial charge in [0.25, 0.3) is 0 Å². The second-order valence-electron chi connectivity index (χ2n) is 1.54. The quantitative estimate of drug-likeness (QED) is 0.376. The van der Waals surface area contributed by atoms with Crippen LogP contribution in [0.3, 0.4) is 0 Å². The third-order valence-electron chi connectivity index (χ3n) is 0.960. The molecule has 0 fully saturated rings. The summed E-state index contributed by atoms with van der Waals surface area (Å²) in [6.45, 7) is 0. The maximum Gasteiger partial charge on any atom is 0.196 e. The van der Waals surface area contributed by atoms with Crippen LogP contribution in [-0.4, -0.2) is 10.9 Å². The minimum absolute atomic E-state index is 0.0648. The highest BCUT2D eigenvalue weighted by atomic mass is 32.1. The second kappa shape index (κ2) is 2.99. The highest BCUT2D eigenvalue weighted by Gasteiger charge is 2.01. The van der Waals surface area contributed by atoms with E-state index in [0.717, 1.165) is 0 Å². The van der Waals surface area contributed by atoms with Gasteiger partial charge in [-0.25, -0.2) is 0 Å². The van der Waals surface area contributed by atoms with E-state index in [0.29, 0.717) is 4.88 Å². The molecule has 0 unspecified atom stereocenters. The number of nitrogens with zero attached hydrogens (tertiary/aromatic N) is 2. The molecule has 0 atom stereocenters. The third kappa shape index (κ3) is 1.14. The highest BCUT2D eigenvalue weighted by Crippen LogP contribution is 2.08. The van der Waals surface area contributed by atoms with Gasteiger partial charge in [0.2, 0.25) is 0 Å². The summed E-state index contributed by atoms with van der Waals surface area (Å²) in [5.74, 6) is 0. The van der Waals surface area contributed by atoms with Crippen molar-refractivity contribution in [3.05, 3.63) is 22.4 Å². The summed E-state index contributed by atoms with van der Waals surface area (Å²) in [7, 11) is 0. The number of nitriles is 1. The zero-order valence-electron chi connectivity index (χ0n) is 4.98. The van der Waals surface area contributed by atoms with Crippen molar-refractivity contribution in [3.8, 4) is 6.07 Å². The molecule has 4 heteroatoms. The Hall–Kier alpha value is -1.34. The fraction of sp³-hybridized carbons (Fsp3) is 0. The smallest absolute Gasteiger partial charge is 0.196 e. The summed E-state index contributed by atoms with van der Waals surface area (Å²) in [4.78, 5) is 0.685. The first-order valence-corrected chi connectivity index (χ1v) is 3.42. The van der Waals surface area contributed by atoms with Crippen molar-refractivity contribution in [2.75, 3.05) is 0 Å². The number of oxime groups is 1. The Balaban J connectivity index is 2.99. The van der Waals surface area contributed by atoms with E-state index < -0.39 is 0 Å². The van der Waals surface area contributed by atoms with Crippen molar-refractivity contribution in [1.29, 1.82) is 5.26 Å². The Kier molecular flexibility index (Phi) is 2.03. The van der Waals surface area contributed by atoms with E-state index in [2.05, 4.69) is 5.16 Å². The van der Waals surface area contributed by atoms with Gasteiger partial charge in [-0.05, 0) is 11.4 Å². The van der Waals surface area contributed by atoms with E-state index in [-0.39, 0.29) is 5.71 Å². The molecule has 0 saturated carbocycles. The van der Waals surface area contributed by atoms with Crippen LogP contribution in [0, 0.1) is 11.3 Å². The van der Waals surface area contributed by atoms with E-state index in [9.17, 15) is 0 Å². The molecule has 50 valence electrons. The summed E-state index contributed by atoms with van der Waals surface area (Å²) in [5, 5.41) is 21.3. The number of thiophene rings is 1. The summed E-state index contributed by atoms with van der Waals surface area (Å²) in [6, 6.07) is 5.28. The summed E-state index contributed by atoms with van der Waals surface area (Å²) in [6.07, 6.45) is 0. The van der Waals surface area contributed by atoms with Gasteiger partial charge in [-0.2, -0.15) is 5.26 Å². The molecule has 0 aliphatic rings. The molecule has 1 heterocycles. The molecule has 0 aromatic carbocycles. The van der Waals surface area contributed by atoms with Crippen LogP contribution in [0.1, 0.15) is 4.88 Å². The van der Waals surface area contributed by atoms with Crippen LogP contribution in [0.5, 0.6) is 0 Å². The van der Waals surface area contributed by atoms with Gasteiger partial charge in [-0.15, -0.1) is 11.3 Å². The maximum absolute atomic E-state index is 8.36. The molecular weight excluding hydrogens is 148 g/mol. The van der Waals surface area contributed by atoms with Gasteiger partial charge in [-0.3, -0.25) is 0 Å². The van der Waals surface area contributed by atoms with Crippen molar-refractivity contribution in [1.82, 2.24) is 0 Å². The van der Waals surface area contributed by atoms with Crippen LogP contribution in [0.25, 0.3) is 0 Å². The topological polar surface area (TPSA) is 56.4 Å². The van der Waals surface area contributed by atoms with Gasteiger partial charge in [0, 0.05) is 0 Å². The molecule has 1 N–H and O–H groups in total. The van der Waals surface area contributed by atoms with Crippen molar-refractivity contribution in [2.45, 2.75) is 0 Å². The zero-order valence-corrected chi connectivity index (χ0v) is 5.80. The molecular formula is C6H4N2OS. The van der Waals surface area contributed by atoms with Crippen LogP contribution in [0.15, 0.2) is 22.7 Å². The molecule has 1 aromatic rings. The Bertz CT molecular complexity index is 270. The second-order valence-corrected chi connectivity index (χ2v) is 2.49. The average molecular weight is 152 g/mol. The van der Waals surface area contributed by atoms with Crippen molar-refractivity contribution >= 4 is 17.0 Å². The van der Waals surface area contributed by atoms with Crippen molar-refractivity contribution < 1.29 is 5.21 Å². The van der Waals surface area contributed by atoms with Crippen molar-refractivity contribution in [3.63, 3.8) is 0 Å². The van der Waals surface area contributed by atoms with Crippen LogP contribution < -0.4 is 0 Å². The molecule has 0 aliphatic carbocycles. The number of rotatable bonds is 1. The van der Waals surface area contributed by atoms with Crippen LogP contribution in [-0.2, 0) is 0 Å². The predicted molar refractivity (Wildman–Crippen MR) is 38.3 cm³/mol. The molecule has 0 saturated heterocycles. The van der Waals surface area contributed by atoms with Gasteiger partial charge >= 0.3 is 0 Å². The fourth-order valence-corrected chi connectivity index (χ4v) is 1.20. The lowest BCUT2D eigenvalue weighted by Gasteiger charge is -1.84. The number of hydrogen-bond donors (Lipinski definition) is 1. The predicted octanol–water partition coefficient (Wildman–Crippen LogP) is 1.45. The first-order chi connectivity index (χ1) is 4.88. The molecule has 0 radical (unpaired) electrons. The zero-order chi connectivity index (χ0) is 7.40. The molecule has 0 aliphatic heterocycles. The van der Waals surface area contributed by atoms with E-state index in [4.69, 9.17) is 10.5 Å². The first-order valence-electron chi connectivity index (χ1n) is 2.54.